The molecule has 1 saturated heterocycles. The summed E-state index contributed by atoms with van der Waals surface area (Å²) in [5.74, 6) is 0.0588. The monoisotopic (exact) mass is 352 g/mol. The number of nitrogens with one attached hydrogen (secondary N) is 1. The smallest absolute Gasteiger partial charge is 0.230 e. The summed E-state index contributed by atoms with van der Waals surface area (Å²) in [6, 6.07) is 7.74. The van der Waals surface area contributed by atoms with Gasteiger partial charge in [0.05, 0.1) is 5.92 Å². The van der Waals surface area contributed by atoms with Gasteiger partial charge in [-0.15, -0.1) is 0 Å². The van der Waals surface area contributed by atoms with Crippen LogP contribution in [0.2, 0.25) is 0 Å². The Morgan fingerprint density at radius 3 is 2.62 bits per heavy atom. The van der Waals surface area contributed by atoms with Crippen molar-refractivity contribution in [3.8, 4) is 0 Å². The number of halogens is 1. The van der Waals surface area contributed by atoms with E-state index in [9.17, 15) is 9.59 Å². The number of carbonyl (C=O) groups is 2. The lowest BCUT2D eigenvalue weighted by Crippen LogP contribution is -2.30. The van der Waals surface area contributed by atoms with Gasteiger partial charge in [-0.25, -0.2) is 0 Å². The van der Waals surface area contributed by atoms with Gasteiger partial charge in [-0.05, 0) is 36.6 Å². The van der Waals surface area contributed by atoms with E-state index < -0.39 is 0 Å². The van der Waals surface area contributed by atoms with Gasteiger partial charge < -0.3 is 10.2 Å². The molecule has 4 nitrogen and oxygen atoms in total. The van der Waals surface area contributed by atoms with Crippen molar-refractivity contribution in [2.75, 3.05) is 18.5 Å². The minimum atomic E-state index is -0.200. The molecule has 1 heterocycles. The second-order valence-corrected chi connectivity index (χ2v) is 6.37. The topological polar surface area (TPSA) is 49.4 Å². The van der Waals surface area contributed by atoms with E-state index in [2.05, 4.69) is 28.2 Å². The summed E-state index contributed by atoms with van der Waals surface area (Å²) in [7, 11) is 1.61. The number of nitrogens with zero attached hydrogens (tertiary/aromatic N) is 1. The van der Waals surface area contributed by atoms with Gasteiger partial charge in [0, 0.05) is 30.2 Å². The highest BCUT2D eigenvalue weighted by molar-refractivity contribution is 9.10. The van der Waals surface area contributed by atoms with Crippen molar-refractivity contribution in [3.63, 3.8) is 0 Å². The number of amides is 2. The van der Waals surface area contributed by atoms with Crippen molar-refractivity contribution in [2.45, 2.75) is 26.2 Å². The minimum Gasteiger partial charge on any atom is -0.359 e. The Labute approximate surface area is 134 Å². The van der Waals surface area contributed by atoms with Crippen LogP contribution in [0.4, 0.5) is 5.69 Å². The highest BCUT2D eigenvalue weighted by Crippen LogP contribution is 2.34. The molecule has 1 aliphatic heterocycles. The molecule has 2 rings (SSSR count). The molecular weight excluding hydrogens is 332 g/mol. The van der Waals surface area contributed by atoms with Crippen molar-refractivity contribution < 1.29 is 9.59 Å². The van der Waals surface area contributed by atoms with Crippen LogP contribution in [0.5, 0.6) is 0 Å². The second-order valence-electron chi connectivity index (χ2n) is 5.46. The Morgan fingerprint density at radius 2 is 2.05 bits per heavy atom. The maximum atomic E-state index is 12.7. The Morgan fingerprint density at radius 1 is 1.38 bits per heavy atom. The van der Waals surface area contributed by atoms with Gasteiger partial charge in [-0.1, -0.05) is 29.3 Å². The standard InChI is InChI=1S/C16H21BrN2O2/c1-3-4-11-10-19(13-7-5-12(17)6-8-13)16(21)14(11)9-15(20)18-2/h5-8,11,14H,3-4,9-10H2,1-2H3,(H,18,20)/t11-,14-/m0/s1. The molecule has 21 heavy (non-hydrogen) atoms. The molecule has 1 aliphatic rings. The summed E-state index contributed by atoms with van der Waals surface area (Å²) in [6.07, 6.45) is 2.28. The maximum Gasteiger partial charge on any atom is 0.230 e. The normalized spacial score (nSPS) is 21.7. The average molecular weight is 353 g/mol. The summed E-state index contributed by atoms with van der Waals surface area (Å²) in [4.78, 5) is 26.1. The lowest BCUT2D eigenvalue weighted by molar-refractivity contribution is -0.127. The minimum absolute atomic E-state index is 0.0629. The third kappa shape index (κ3) is 3.64. The van der Waals surface area contributed by atoms with Crippen LogP contribution in [0.15, 0.2) is 28.7 Å². The van der Waals surface area contributed by atoms with Crippen molar-refractivity contribution in [2.24, 2.45) is 11.8 Å². The van der Waals surface area contributed by atoms with Crippen molar-refractivity contribution in [1.29, 1.82) is 0 Å². The highest BCUT2D eigenvalue weighted by atomic mass is 79.9. The molecule has 0 radical (unpaired) electrons. The van der Waals surface area contributed by atoms with E-state index in [0.717, 1.165) is 23.0 Å². The molecule has 1 aromatic carbocycles. The van der Waals surface area contributed by atoms with Crippen LogP contribution in [0.1, 0.15) is 26.2 Å². The molecule has 1 aromatic rings. The zero-order chi connectivity index (χ0) is 15.4. The van der Waals surface area contributed by atoms with E-state index in [1.807, 2.05) is 29.2 Å². The maximum absolute atomic E-state index is 12.7. The molecule has 0 spiro atoms. The van der Waals surface area contributed by atoms with Crippen LogP contribution in [-0.2, 0) is 9.59 Å². The predicted octanol–water partition coefficient (Wildman–Crippen LogP) is 2.96. The van der Waals surface area contributed by atoms with E-state index in [1.165, 1.54) is 0 Å². The van der Waals surface area contributed by atoms with Crippen LogP contribution < -0.4 is 10.2 Å². The Bertz CT molecular complexity index is 516. The van der Waals surface area contributed by atoms with Crippen molar-refractivity contribution in [3.05, 3.63) is 28.7 Å². The fourth-order valence-electron chi connectivity index (χ4n) is 2.93. The van der Waals surface area contributed by atoms with Crippen molar-refractivity contribution >= 4 is 33.4 Å². The summed E-state index contributed by atoms with van der Waals surface area (Å²) in [5, 5.41) is 2.62. The third-order valence-electron chi connectivity index (χ3n) is 4.05. The second kappa shape index (κ2) is 7.07. The fourth-order valence-corrected chi connectivity index (χ4v) is 3.19. The molecule has 0 bridgehead atoms. The number of rotatable bonds is 5. The van der Waals surface area contributed by atoms with Crippen LogP contribution in [-0.4, -0.2) is 25.4 Å². The fraction of sp³-hybridized carbons (Fsp3) is 0.500. The van der Waals surface area contributed by atoms with Gasteiger partial charge in [0.1, 0.15) is 0 Å². The van der Waals surface area contributed by atoms with Gasteiger partial charge in [0.2, 0.25) is 11.8 Å². The molecule has 2 atom stereocenters. The van der Waals surface area contributed by atoms with E-state index in [0.29, 0.717) is 6.54 Å². The largest absolute Gasteiger partial charge is 0.359 e. The molecule has 114 valence electrons. The molecule has 1 fully saturated rings. The van der Waals surface area contributed by atoms with Crippen molar-refractivity contribution in [1.82, 2.24) is 5.32 Å². The zero-order valence-electron chi connectivity index (χ0n) is 12.4. The first-order chi connectivity index (χ1) is 10.1. The van der Waals surface area contributed by atoms with Gasteiger partial charge in [-0.3, -0.25) is 9.59 Å². The van der Waals surface area contributed by atoms with Crippen LogP contribution in [0.25, 0.3) is 0 Å². The van der Waals surface area contributed by atoms with E-state index in [-0.39, 0.29) is 30.1 Å². The summed E-state index contributed by atoms with van der Waals surface area (Å²) < 4.78 is 0.991. The molecule has 2 amide bonds. The first kappa shape index (κ1) is 16.0. The number of anilines is 1. The average Bonchev–Trinajstić information content (AvgIpc) is 2.77. The highest BCUT2D eigenvalue weighted by Gasteiger charge is 2.41. The Kier molecular flexibility index (Phi) is 5.39. The van der Waals surface area contributed by atoms with Crippen LogP contribution >= 0.6 is 15.9 Å². The van der Waals surface area contributed by atoms with Gasteiger partial charge in [0.15, 0.2) is 0 Å². The summed E-state index contributed by atoms with van der Waals surface area (Å²) in [6.45, 7) is 2.82. The summed E-state index contributed by atoms with van der Waals surface area (Å²) in [5.41, 5.74) is 0.906. The van der Waals surface area contributed by atoms with Gasteiger partial charge in [0.25, 0.3) is 0 Å². The van der Waals surface area contributed by atoms with E-state index >= 15 is 0 Å². The van der Waals surface area contributed by atoms with Gasteiger partial charge >= 0.3 is 0 Å². The Balaban J connectivity index is 2.19. The van der Waals surface area contributed by atoms with E-state index in [1.54, 1.807) is 7.05 Å². The lowest BCUT2D eigenvalue weighted by Gasteiger charge is -2.16. The molecule has 0 aromatic heterocycles. The van der Waals surface area contributed by atoms with Crippen LogP contribution in [0, 0.1) is 11.8 Å². The third-order valence-corrected chi connectivity index (χ3v) is 4.58. The number of hydrogen-bond acceptors (Lipinski definition) is 2. The molecular formula is C16H21BrN2O2. The predicted molar refractivity (Wildman–Crippen MR) is 87.1 cm³/mol. The first-order valence-electron chi connectivity index (χ1n) is 7.34. The zero-order valence-corrected chi connectivity index (χ0v) is 14.0. The molecule has 0 aliphatic carbocycles. The SMILES string of the molecule is CCC[C@H]1CN(c2ccc(Br)cc2)C(=O)[C@H]1CC(=O)NC. The molecule has 1 N–H and O–H groups in total. The number of benzene rings is 1. The quantitative estimate of drug-likeness (QED) is 0.885. The molecule has 0 saturated carbocycles. The lowest BCUT2D eigenvalue weighted by atomic mass is 9.88. The van der Waals surface area contributed by atoms with Crippen LogP contribution in [0.3, 0.4) is 0 Å². The molecule has 0 unspecified atom stereocenters. The first-order valence-corrected chi connectivity index (χ1v) is 8.13. The molecule has 5 heteroatoms. The summed E-state index contributed by atoms with van der Waals surface area (Å²) >= 11 is 3.40. The van der Waals surface area contributed by atoms with Gasteiger partial charge in [-0.2, -0.15) is 0 Å². The number of carbonyl (C=O) groups excluding carboxylic acids is 2. The van der Waals surface area contributed by atoms with E-state index in [4.69, 9.17) is 0 Å². The number of hydrogen-bond donors (Lipinski definition) is 1. The Hall–Kier alpha value is -1.36.